The van der Waals surface area contributed by atoms with Crippen LogP contribution in [-0.4, -0.2) is 29.3 Å². The number of nitrogens with zero attached hydrogens (tertiary/aromatic N) is 2. The second kappa shape index (κ2) is 10.8. The van der Waals surface area contributed by atoms with Gasteiger partial charge in [0, 0.05) is 43.1 Å². The average molecular weight is 491 g/mol. The van der Waals surface area contributed by atoms with Gasteiger partial charge < -0.3 is 15.5 Å². The molecule has 0 saturated carbocycles. The Morgan fingerprint density at radius 2 is 1.77 bits per heavy atom. The number of amides is 3. The summed E-state index contributed by atoms with van der Waals surface area (Å²) in [6, 6.07) is 13.9. The Morgan fingerprint density at radius 3 is 2.40 bits per heavy atom. The molecule has 2 heterocycles. The van der Waals surface area contributed by atoms with E-state index in [4.69, 9.17) is 0 Å². The van der Waals surface area contributed by atoms with Crippen LogP contribution in [0.5, 0.6) is 0 Å². The van der Waals surface area contributed by atoms with Crippen LogP contribution in [-0.2, 0) is 33.8 Å². The smallest absolute Gasteiger partial charge is 0.231 e. The van der Waals surface area contributed by atoms with Crippen molar-refractivity contribution in [2.45, 2.75) is 46.6 Å². The highest BCUT2D eigenvalue weighted by Crippen LogP contribution is 2.33. The third kappa shape index (κ3) is 5.59. The van der Waals surface area contributed by atoms with Crippen LogP contribution in [0.15, 0.2) is 47.8 Å². The first kappa shape index (κ1) is 24.6. The third-order valence-electron chi connectivity index (χ3n) is 6.26. The first-order valence-corrected chi connectivity index (χ1v) is 12.8. The average Bonchev–Trinajstić information content (AvgIpc) is 3.49. The Bertz CT molecular complexity index is 1210. The molecule has 0 radical (unpaired) electrons. The Morgan fingerprint density at radius 1 is 1.09 bits per heavy atom. The molecule has 3 aromatic rings. The molecule has 8 heteroatoms. The monoisotopic (exact) mass is 490 g/mol. The highest BCUT2D eigenvalue weighted by atomic mass is 32.1. The van der Waals surface area contributed by atoms with E-state index in [-0.39, 0.29) is 24.1 Å². The summed E-state index contributed by atoms with van der Waals surface area (Å²) < 4.78 is 0. The summed E-state index contributed by atoms with van der Waals surface area (Å²) in [6.07, 6.45) is 1.86. The zero-order valence-corrected chi connectivity index (χ0v) is 21.1. The predicted molar refractivity (Wildman–Crippen MR) is 139 cm³/mol. The largest absolute Gasteiger partial charge is 0.352 e. The minimum absolute atomic E-state index is 0.0140. The van der Waals surface area contributed by atoms with Crippen molar-refractivity contribution in [2.24, 2.45) is 5.92 Å². The van der Waals surface area contributed by atoms with E-state index < -0.39 is 5.92 Å². The second-order valence-corrected chi connectivity index (χ2v) is 9.53. The number of carbonyl (C=O) groups is 3. The van der Waals surface area contributed by atoms with Crippen LogP contribution in [0, 0.1) is 5.92 Å². The fourth-order valence-corrected chi connectivity index (χ4v) is 5.07. The molecule has 0 bridgehead atoms. The molecule has 2 aromatic carbocycles. The van der Waals surface area contributed by atoms with Crippen molar-refractivity contribution in [3.8, 4) is 11.3 Å². The SMILES string of the molecule is CCc1cccc(CC)c1N1CC(C(=O)Nc2nc(-c3ccc(CNC(C)=O)cc3)cs2)CC1=O. The van der Waals surface area contributed by atoms with Crippen LogP contribution >= 0.6 is 11.3 Å². The molecule has 182 valence electrons. The third-order valence-corrected chi connectivity index (χ3v) is 7.01. The zero-order chi connectivity index (χ0) is 24.9. The Labute approximate surface area is 209 Å². The van der Waals surface area contributed by atoms with Crippen LogP contribution in [0.3, 0.4) is 0 Å². The van der Waals surface area contributed by atoms with Gasteiger partial charge in [0.1, 0.15) is 0 Å². The summed E-state index contributed by atoms with van der Waals surface area (Å²) in [7, 11) is 0. The summed E-state index contributed by atoms with van der Waals surface area (Å²) in [5.41, 5.74) is 5.93. The Balaban J connectivity index is 1.42. The van der Waals surface area contributed by atoms with Crippen molar-refractivity contribution in [3.63, 3.8) is 0 Å². The van der Waals surface area contributed by atoms with Crippen LogP contribution in [0.1, 0.15) is 43.9 Å². The standard InChI is InChI=1S/C27H30N4O3S/c1-4-19-7-6-8-20(5-2)25(19)31-15-22(13-24(31)33)26(34)30-27-29-23(16-35-27)21-11-9-18(10-12-21)14-28-17(3)32/h6-12,16,22H,4-5,13-15H2,1-3H3,(H,28,32)(H,29,30,34). The predicted octanol–water partition coefficient (Wildman–Crippen LogP) is 4.56. The summed E-state index contributed by atoms with van der Waals surface area (Å²) in [4.78, 5) is 43.3. The summed E-state index contributed by atoms with van der Waals surface area (Å²) in [5, 5.41) is 8.10. The lowest BCUT2D eigenvalue weighted by Gasteiger charge is -2.23. The summed E-state index contributed by atoms with van der Waals surface area (Å²) in [6.45, 7) is 6.51. The number of para-hydroxylation sites is 1. The van der Waals surface area contributed by atoms with Crippen molar-refractivity contribution in [1.82, 2.24) is 10.3 Å². The van der Waals surface area contributed by atoms with Crippen LogP contribution < -0.4 is 15.5 Å². The van der Waals surface area contributed by atoms with Gasteiger partial charge in [-0.2, -0.15) is 0 Å². The first-order chi connectivity index (χ1) is 16.9. The molecule has 1 saturated heterocycles. The van der Waals surface area contributed by atoms with E-state index in [0.29, 0.717) is 18.2 Å². The molecule has 0 aliphatic carbocycles. The molecule has 1 atom stereocenters. The maximum absolute atomic E-state index is 13.0. The van der Waals surface area contributed by atoms with E-state index in [9.17, 15) is 14.4 Å². The molecule has 0 spiro atoms. The molecule has 35 heavy (non-hydrogen) atoms. The number of thiazole rings is 1. The number of hydrogen-bond donors (Lipinski definition) is 2. The van der Waals surface area contributed by atoms with E-state index >= 15 is 0 Å². The molecule has 1 fully saturated rings. The minimum atomic E-state index is -0.419. The first-order valence-electron chi connectivity index (χ1n) is 11.9. The maximum atomic E-state index is 13.0. The fraction of sp³-hybridized carbons (Fsp3) is 0.333. The Kier molecular flexibility index (Phi) is 7.60. The molecule has 3 amide bonds. The van der Waals surface area contributed by atoms with E-state index in [2.05, 4.69) is 41.6 Å². The number of benzene rings is 2. The van der Waals surface area contributed by atoms with Gasteiger partial charge in [-0.3, -0.25) is 14.4 Å². The molecule has 4 rings (SSSR count). The molecular formula is C27H30N4O3S. The molecule has 7 nitrogen and oxygen atoms in total. The normalized spacial score (nSPS) is 15.3. The molecule has 1 aliphatic rings. The van der Waals surface area contributed by atoms with E-state index in [1.807, 2.05) is 35.7 Å². The van der Waals surface area contributed by atoms with Gasteiger partial charge in [-0.05, 0) is 29.5 Å². The van der Waals surface area contributed by atoms with Crippen molar-refractivity contribution < 1.29 is 14.4 Å². The molecule has 1 unspecified atom stereocenters. The van der Waals surface area contributed by atoms with Crippen molar-refractivity contribution in [3.05, 3.63) is 64.5 Å². The number of nitrogens with one attached hydrogen (secondary N) is 2. The van der Waals surface area contributed by atoms with E-state index in [1.54, 1.807) is 4.90 Å². The minimum Gasteiger partial charge on any atom is -0.352 e. The van der Waals surface area contributed by atoms with E-state index in [0.717, 1.165) is 46.5 Å². The Hall–Kier alpha value is -3.52. The molecule has 2 N–H and O–H groups in total. The molecule has 1 aromatic heterocycles. The number of anilines is 2. The van der Waals surface area contributed by atoms with Crippen LogP contribution in [0.4, 0.5) is 10.8 Å². The topological polar surface area (TPSA) is 91.4 Å². The van der Waals surface area contributed by atoms with Gasteiger partial charge in [0.2, 0.25) is 17.7 Å². The number of carbonyl (C=O) groups excluding carboxylic acids is 3. The van der Waals surface area contributed by atoms with Gasteiger partial charge >= 0.3 is 0 Å². The highest BCUT2D eigenvalue weighted by Gasteiger charge is 2.36. The van der Waals surface area contributed by atoms with Crippen molar-refractivity contribution >= 4 is 39.9 Å². The van der Waals surface area contributed by atoms with Crippen LogP contribution in [0.25, 0.3) is 11.3 Å². The van der Waals surface area contributed by atoms with Gasteiger partial charge in [-0.15, -0.1) is 11.3 Å². The van der Waals surface area contributed by atoms with Crippen molar-refractivity contribution in [1.29, 1.82) is 0 Å². The van der Waals surface area contributed by atoms with Gasteiger partial charge in [-0.1, -0.05) is 56.3 Å². The lowest BCUT2D eigenvalue weighted by atomic mass is 10.0. The zero-order valence-electron chi connectivity index (χ0n) is 20.3. The highest BCUT2D eigenvalue weighted by molar-refractivity contribution is 7.14. The van der Waals surface area contributed by atoms with Crippen LogP contribution in [0.2, 0.25) is 0 Å². The summed E-state index contributed by atoms with van der Waals surface area (Å²) in [5.74, 6) is -0.682. The van der Waals surface area contributed by atoms with Gasteiger partial charge in [0.05, 0.1) is 11.6 Å². The number of rotatable bonds is 8. The fourth-order valence-electron chi connectivity index (χ4n) is 4.35. The summed E-state index contributed by atoms with van der Waals surface area (Å²) >= 11 is 1.36. The van der Waals surface area contributed by atoms with Gasteiger partial charge in [0.15, 0.2) is 5.13 Å². The molecular weight excluding hydrogens is 460 g/mol. The number of aryl methyl sites for hydroxylation is 2. The molecule has 1 aliphatic heterocycles. The van der Waals surface area contributed by atoms with Crippen molar-refractivity contribution in [2.75, 3.05) is 16.8 Å². The van der Waals surface area contributed by atoms with Gasteiger partial charge in [0.25, 0.3) is 0 Å². The number of hydrogen-bond acceptors (Lipinski definition) is 5. The lowest BCUT2D eigenvalue weighted by molar-refractivity contribution is -0.122. The lowest BCUT2D eigenvalue weighted by Crippen LogP contribution is -2.29. The maximum Gasteiger partial charge on any atom is 0.231 e. The van der Waals surface area contributed by atoms with Gasteiger partial charge in [-0.25, -0.2) is 4.98 Å². The number of aromatic nitrogens is 1. The second-order valence-electron chi connectivity index (χ2n) is 8.67. The quantitative estimate of drug-likeness (QED) is 0.484. The van der Waals surface area contributed by atoms with E-state index in [1.165, 1.54) is 18.3 Å².